The SMILES string of the molecule is COc1ccc(CN2C=Nc3cc(CC(C)(O)C(C)C)ccc3C2)cc1. The summed E-state index contributed by atoms with van der Waals surface area (Å²) in [6.45, 7) is 7.65. The molecule has 0 fully saturated rings. The van der Waals surface area contributed by atoms with E-state index in [1.54, 1.807) is 7.11 Å². The number of ether oxygens (including phenoxy) is 1. The molecule has 26 heavy (non-hydrogen) atoms. The first-order valence-corrected chi connectivity index (χ1v) is 9.13. The summed E-state index contributed by atoms with van der Waals surface area (Å²) < 4.78 is 5.21. The standard InChI is InChI=1S/C22H28N2O2/c1-16(2)22(3,25)12-18-5-8-19-14-24(15-23-21(19)11-18)13-17-6-9-20(26-4)10-7-17/h5-11,15-16,25H,12-14H2,1-4H3. The van der Waals surface area contributed by atoms with Crippen LogP contribution in [-0.2, 0) is 19.5 Å². The van der Waals surface area contributed by atoms with E-state index in [4.69, 9.17) is 4.74 Å². The van der Waals surface area contributed by atoms with Crippen LogP contribution in [0.4, 0.5) is 5.69 Å². The van der Waals surface area contributed by atoms with Crippen molar-refractivity contribution in [2.75, 3.05) is 7.11 Å². The van der Waals surface area contributed by atoms with Gasteiger partial charge in [-0.3, -0.25) is 0 Å². The van der Waals surface area contributed by atoms with Crippen LogP contribution in [0, 0.1) is 5.92 Å². The summed E-state index contributed by atoms with van der Waals surface area (Å²) >= 11 is 0. The van der Waals surface area contributed by atoms with Crippen LogP contribution in [0.5, 0.6) is 5.75 Å². The molecule has 1 aliphatic rings. The van der Waals surface area contributed by atoms with E-state index in [2.05, 4.69) is 40.2 Å². The number of aliphatic imine (C=N–C) groups is 1. The molecule has 2 aromatic rings. The van der Waals surface area contributed by atoms with Crippen molar-refractivity contribution in [3.8, 4) is 5.75 Å². The first kappa shape index (κ1) is 18.5. The Bertz CT molecular complexity index is 779. The Kier molecular flexibility index (Phi) is 5.33. The molecule has 0 radical (unpaired) electrons. The third-order valence-corrected chi connectivity index (χ3v) is 5.23. The van der Waals surface area contributed by atoms with Crippen molar-refractivity contribution in [2.24, 2.45) is 10.9 Å². The lowest BCUT2D eigenvalue weighted by Crippen LogP contribution is -2.33. The molecule has 2 aromatic carbocycles. The predicted molar refractivity (Wildman–Crippen MR) is 106 cm³/mol. The Morgan fingerprint density at radius 3 is 2.50 bits per heavy atom. The fourth-order valence-electron chi connectivity index (χ4n) is 3.06. The molecular formula is C22H28N2O2. The normalized spacial score (nSPS) is 15.7. The van der Waals surface area contributed by atoms with E-state index in [-0.39, 0.29) is 5.92 Å². The van der Waals surface area contributed by atoms with Crippen LogP contribution in [0.3, 0.4) is 0 Å². The Morgan fingerprint density at radius 1 is 1.15 bits per heavy atom. The van der Waals surface area contributed by atoms with Crippen molar-refractivity contribution >= 4 is 12.0 Å². The lowest BCUT2D eigenvalue weighted by Gasteiger charge is -2.29. The van der Waals surface area contributed by atoms with E-state index in [0.717, 1.165) is 30.1 Å². The van der Waals surface area contributed by atoms with Crippen molar-refractivity contribution in [1.29, 1.82) is 0 Å². The van der Waals surface area contributed by atoms with Crippen molar-refractivity contribution in [1.82, 2.24) is 4.90 Å². The minimum Gasteiger partial charge on any atom is -0.497 e. The molecule has 1 aliphatic heterocycles. The number of methoxy groups -OCH3 is 1. The molecule has 0 bridgehead atoms. The zero-order chi connectivity index (χ0) is 18.7. The van der Waals surface area contributed by atoms with E-state index < -0.39 is 5.60 Å². The Hall–Kier alpha value is -2.33. The van der Waals surface area contributed by atoms with Crippen LogP contribution in [0.15, 0.2) is 47.5 Å². The molecule has 4 nitrogen and oxygen atoms in total. The topological polar surface area (TPSA) is 45.1 Å². The second kappa shape index (κ2) is 7.50. The zero-order valence-electron chi connectivity index (χ0n) is 16.1. The van der Waals surface area contributed by atoms with Gasteiger partial charge in [0.15, 0.2) is 0 Å². The van der Waals surface area contributed by atoms with Crippen molar-refractivity contribution < 1.29 is 9.84 Å². The number of aliphatic hydroxyl groups is 1. The highest BCUT2D eigenvalue weighted by Gasteiger charge is 2.25. The van der Waals surface area contributed by atoms with Gasteiger partial charge in [-0.2, -0.15) is 0 Å². The van der Waals surface area contributed by atoms with E-state index in [9.17, 15) is 5.11 Å². The van der Waals surface area contributed by atoms with Crippen molar-refractivity contribution in [3.63, 3.8) is 0 Å². The predicted octanol–water partition coefficient (Wildman–Crippen LogP) is 4.32. The summed E-state index contributed by atoms with van der Waals surface area (Å²) in [5, 5.41) is 10.5. The van der Waals surface area contributed by atoms with E-state index in [1.165, 1.54) is 11.1 Å². The van der Waals surface area contributed by atoms with Crippen LogP contribution >= 0.6 is 0 Å². The maximum atomic E-state index is 10.5. The highest BCUT2D eigenvalue weighted by Crippen LogP contribution is 2.29. The van der Waals surface area contributed by atoms with Crippen molar-refractivity contribution in [3.05, 3.63) is 59.2 Å². The lowest BCUT2D eigenvalue weighted by atomic mass is 9.86. The fourth-order valence-corrected chi connectivity index (χ4v) is 3.06. The van der Waals surface area contributed by atoms with Gasteiger partial charge >= 0.3 is 0 Å². The van der Waals surface area contributed by atoms with Gasteiger partial charge in [0.05, 0.1) is 24.7 Å². The lowest BCUT2D eigenvalue weighted by molar-refractivity contribution is 0.0140. The van der Waals surface area contributed by atoms with Gasteiger partial charge in [0.2, 0.25) is 0 Å². The summed E-state index contributed by atoms with van der Waals surface area (Å²) in [7, 11) is 1.68. The maximum absolute atomic E-state index is 10.5. The molecular weight excluding hydrogens is 324 g/mol. The number of benzene rings is 2. The molecule has 138 valence electrons. The van der Waals surface area contributed by atoms with Crippen LogP contribution < -0.4 is 4.74 Å². The molecule has 0 spiro atoms. The van der Waals surface area contributed by atoms with E-state index in [0.29, 0.717) is 6.42 Å². The van der Waals surface area contributed by atoms with Gasteiger partial charge in [0.25, 0.3) is 0 Å². The van der Waals surface area contributed by atoms with Gasteiger partial charge in [-0.1, -0.05) is 38.1 Å². The minimum absolute atomic E-state index is 0.210. The van der Waals surface area contributed by atoms with Crippen molar-refractivity contribution in [2.45, 2.75) is 45.9 Å². The van der Waals surface area contributed by atoms with Crippen LogP contribution in [0.1, 0.15) is 37.5 Å². The first-order valence-electron chi connectivity index (χ1n) is 9.13. The third-order valence-electron chi connectivity index (χ3n) is 5.23. The number of hydrogen-bond acceptors (Lipinski definition) is 4. The van der Waals surface area contributed by atoms with Crippen LogP contribution in [0.2, 0.25) is 0 Å². The van der Waals surface area contributed by atoms with E-state index >= 15 is 0 Å². The highest BCUT2D eigenvalue weighted by atomic mass is 16.5. The number of nitrogens with zero attached hydrogens (tertiary/aromatic N) is 2. The minimum atomic E-state index is -0.701. The molecule has 1 heterocycles. The molecule has 1 unspecified atom stereocenters. The van der Waals surface area contributed by atoms with Gasteiger partial charge in [-0.15, -0.1) is 0 Å². The molecule has 0 saturated carbocycles. The maximum Gasteiger partial charge on any atom is 0.118 e. The molecule has 1 N–H and O–H groups in total. The summed E-state index contributed by atoms with van der Waals surface area (Å²) in [5.74, 6) is 1.08. The van der Waals surface area contributed by atoms with Crippen LogP contribution in [0.25, 0.3) is 0 Å². The second-order valence-corrected chi connectivity index (χ2v) is 7.65. The average Bonchev–Trinajstić information content (AvgIpc) is 2.62. The van der Waals surface area contributed by atoms with E-state index in [1.807, 2.05) is 39.2 Å². The summed E-state index contributed by atoms with van der Waals surface area (Å²) in [6, 6.07) is 14.5. The monoisotopic (exact) mass is 352 g/mol. The molecule has 4 heteroatoms. The number of hydrogen-bond donors (Lipinski definition) is 1. The Labute approximate surface area is 156 Å². The Balaban J connectivity index is 1.68. The summed E-state index contributed by atoms with van der Waals surface area (Å²) in [5.41, 5.74) is 3.88. The summed E-state index contributed by atoms with van der Waals surface area (Å²) in [4.78, 5) is 6.84. The quantitative estimate of drug-likeness (QED) is 0.842. The van der Waals surface area contributed by atoms with Gasteiger partial charge in [-0.05, 0) is 47.7 Å². The smallest absolute Gasteiger partial charge is 0.118 e. The highest BCUT2D eigenvalue weighted by molar-refractivity contribution is 5.67. The molecule has 3 rings (SSSR count). The van der Waals surface area contributed by atoms with Crippen LogP contribution in [-0.4, -0.2) is 29.1 Å². The average molecular weight is 352 g/mol. The van der Waals surface area contributed by atoms with Gasteiger partial charge in [-0.25, -0.2) is 4.99 Å². The fraction of sp³-hybridized carbons (Fsp3) is 0.409. The van der Waals surface area contributed by atoms with Gasteiger partial charge in [0.1, 0.15) is 5.75 Å². The molecule has 0 aliphatic carbocycles. The number of rotatable bonds is 6. The first-order chi connectivity index (χ1) is 12.4. The van der Waals surface area contributed by atoms with Gasteiger partial charge < -0.3 is 14.7 Å². The molecule has 1 atom stereocenters. The molecule has 0 amide bonds. The third kappa shape index (κ3) is 4.25. The zero-order valence-corrected chi connectivity index (χ0v) is 16.1. The summed E-state index contributed by atoms with van der Waals surface area (Å²) in [6.07, 6.45) is 2.56. The molecule has 0 aromatic heterocycles. The van der Waals surface area contributed by atoms with Gasteiger partial charge in [0, 0.05) is 19.5 Å². The largest absolute Gasteiger partial charge is 0.497 e. The molecule has 0 saturated heterocycles. The number of fused-ring (bicyclic) bond motifs is 1. The Morgan fingerprint density at radius 2 is 1.85 bits per heavy atom. The second-order valence-electron chi connectivity index (χ2n) is 7.65.